The third-order valence-corrected chi connectivity index (χ3v) is 2.69. The summed E-state index contributed by atoms with van der Waals surface area (Å²) in [6, 6.07) is 3.65. The SMILES string of the molecule is O=C(CN1CCOCC1)NCc1ccco1.O=C(O)C(=O)O. The van der Waals surface area contributed by atoms with Gasteiger partial charge in [-0.3, -0.25) is 9.69 Å². The monoisotopic (exact) mass is 314 g/mol. The highest BCUT2D eigenvalue weighted by molar-refractivity contribution is 6.27. The molecule has 22 heavy (non-hydrogen) atoms. The highest BCUT2D eigenvalue weighted by Crippen LogP contribution is 1.99. The van der Waals surface area contributed by atoms with Crippen LogP contribution < -0.4 is 5.32 Å². The number of morpholine rings is 1. The largest absolute Gasteiger partial charge is 0.473 e. The van der Waals surface area contributed by atoms with Gasteiger partial charge in [0.15, 0.2) is 0 Å². The summed E-state index contributed by atoms with van der Waals surface area (Å²) in [7, 11) is 0. The average molecular weight is 314 g/mol. The molecule has 0 bridgehead atoms. The van der Waals surface area contributed by atoms with Crippen molar-refractivity contribution >= 4 is 17.8 Å². The molecule has 1 aliphatic heterocycles. The lowest BCUT2D eigenvalue weighted by atomic mass is 10.4. The molecule has 2 heterocycles. The minimum absolute atomic E-state index is 0.0262. The Bertz CT molecular complexity index is 469. The van der Waals surface area contributed by atoms with Crippen molar-refractivity contribution in [2.75, 3.05) is 32.8 Å². The molecule has 1 aliphatic rings. The van der Waals surface area contributed by atoms with Crippen LogP contribution in [-0.4, -0.2) is 65.8 Å². The Labute approximate surface area is 126 Å². The Morgan fingerprint density at radius 2 is 1.82 bits per heavy atom. The molecule has 0 aromatic carbocycles. The first kappa shape index (κ1) is 17.7. The number of carboxylic acid groups (broad SMARTS) is 2. The van der Waals surface area contributed by atoms with Crippen LogP contribution in [0.4, 0.5) is 0 Å². The number of carbonyl (C=O) groups is 3. The average Bonchev–Trinajstić information content (AvgIpc) is 3.00. The first-order valence-electron chi connectivity index (χ1n) is 6.54. The van der Waals surface area contributed by atoms with Crippen molar-refractivity contribution < 1.29 is 33.8 Å². The molecule has 0 saturated carbocycles. The van der Waals surface area contributed by atoms with Gasteiger partial charge in [-0.25, -0.2) is 9.59 Å². The molecule has 0 aliphatic carbocycles. The third kappa shape index (κ3) is 7.41. The van der Waals surface area contributed by atoms with E-state index in [-0.39, 0.29) is 5.91 Å². The van der Waals surface area contributed by atoms with Crippen LogP contribution >= 0.6 is 0 Å². The van der Waals surface area contributed by atoms with E-state index in [2.05, 4.69) is 10.2 Å². The van der Waals surface area contributed by atoms with E-state index in [1.165, 1.54) is 0 Å². The number of aliphatic carboxylic acids is 2. The predicted molar refractivity (Wildman–Crippen MR) is 73.1 cm³/mol. The summed E-state index contributed by atoms with van der Waals surface area (Å²) in [4.78, 5) is 31.9. The van der Waals surface area contributed by atoms with Gasteiger partial charge in [0.05, 0.1) is 32.6 Å². The van der Waals surface area contributed by atoms with Crippen LogP contribution in [0, 0.1) is 0 Å². The summed E-state index contributed by atoms with van der Waals surface area (Å²) < 4.78 is 10.3. The van der Waals surface area contributed by atoms with E-state index in [0.717, 1.165) is 18.8 Å². The lowest BCUT2D eigenvalue weighted by Crippen LogP contribution is -2.42. The molecule has 0 atom stereocenters. The minimum atomic E-state index is -1.82. The molecule has 0 radical (unpaired) electrons. The summed E-state index contributed by atoms with van der Waals surface area (Å²) >= 11 is 0. The van der Waals surface area contributed by atoms with Crippen molar-refractivity contribution in [3.05, 3.63) is 24.2 Å². The van der Waals surface area contributed by atoms with Gasteiger partial charge in [-0.05, 0) is 12.1 Å². The van der Waals surface area contributed by atoms with Gasteiger partial charge in [-0.1, -0.05) is 0 Å². The summed E-state index contributed by atoms with van der Waals surface area (Å²) in [5.41, 5.74) is 0. The van der Waals surface area contributed by atoms with Gasteiger partial charge >= 0.3 is 11.9 Å². The molecule has 0 spiro atoms. The van der Waals surface area contributed by atoms with E-state index in [1.54, 1.807) is 6.26 Å². The van der Waals surface area contributed by atoms with Gasteiger partial charge in [-0.15, -0.1) is 0 Å². The van der Waals surface area contributed by atoms with Crippen molar-refractivity contribution in [3.63, 3.8) is 0 Å². The smallest absolute Gasteiger partial charge is 0.414 e. The molecule has 1 aromatic heterocycles. The van der Waals surface area contributed by atoms with Crippen molar-refractivity contribution in [1.82, 2.24) is 10.2 Å². The number of furan rings is 1. The summed E-state index contributed by atoms with van der Waals surface area (Å²) in [5.74, 6) is -2.85. The first-order valence-corrected chi connectivity index (χ1v) is 6.54. The normalized spacial score (nSPS) is 14.5. The molecular weight excluding hydrogens is 296 g/mol. The van der Waals surface area contributed by atoms with Gasteiger partial charge in [0.25, 0.3) is 0 Å². The van der Waals surface area contributed by atoms with Gasteiger partial charge < -0.3 is 24.7 Å². The van der Waals surface area contributed by atoms with Crippen LogP contribution in [-0.2, 0) is 25.7 Å². The molecule has 1 aromatic rings. The Morgan fingerprint density at radius 1 is 1.18 bits per heavy atom. The molecule has 3 N–H and O–H groups in total. The van der Waals surface area contributed by atoms with Gasteiger partial charge in [0.2, 0.25) is 5.91 Å². The number of ether oxygens (including phenoxy) is 1. The first-order chi connectivity index (χ1) is 10.5. The lowest BCUT2D eigenvalue weighted by Gasteiger charge is -2.25. The molecule has 9 nitrogen and oxygen atoms in total. The zero-order valence-electron chi connectivity index (χ0n) is 11.9. The quantitative estimate of drug-likeness (QED) is 0.627. The van der Waals surface area contributed by atoms with Crippen molar-refractivity contribution in [2.24, 2.45) is 0 Å². The number of amides is 1. The van der Waals surface area contributed by atoms with Gasteiger partial charge in [0, 0.05) is 13.1 Å². The molecular formula is C13H18N2O7. The van der Waals surface area contributed by atoms with Gasteiger partial charge in [-0.2, -0.15) is 0 Å². The van der Waals surface area contributed by atoms with E-state index in [1.807, 2.05) is 12.1 Å². The number of carboxylic acids is 2. The molecule has 1 saturated heterocycles. The van der Waals surface area contributed by atoms with E-state index in [9.17, 15) is 4.79 Å². The van der Waals surface area contributed by atoms with Crippen LogP contribution in [0.15, 0.2) is 22.8 Å². The second-order valence-corrected chi connectivity index (χ2v) is 4.35. The second-order valence-electron chi connectivity index (χ2n) is 4.35. The summed E-state index contributed by atoms with van der Waals surface area (Å²) in [6.45, 7) is 3.97. The number of hydrogen-bond donors (Lipinski definition) is 3. The summed E-state index contributed by atoms with van der Waals surface area (Å²) in [5, 5.41) is 17.6. The zero-order chi connectivity index (χ0) is 16.4. The van der Waals surface area contributed by atoms with Crippen molar-refractivity contribution in [3.8, 4) is 0 Å². The third-order valence-electron chi connectivity index (χ3n) is 2.69. The van der Waals surface area contributed by atoms with Crippen LogP contribution in [0.5, 0.6) is 0 Å². The minimum Gasteiger partial charge on any atom is -0.473 e. The van der Waals surface area contributed by atoms with Crippen LogP contribution in [0.25, 0.3) is 0 Å². The Hall–Kier alpha value is -2.39. The second kappa shape index (κ2) is 9.53. The lowest BCUT2D eigenvalue weighted by molar-refractivity contribution is -0.159. The van der Waals surface area contributed by atoms with Crippen molar-refractivity contribution in [1.29, 1.82) is 0 Å². The standard InChI is InChI=1S/C11H16N2O3.C2H2O4/c14-11(9-13-3-6-15-7-4-13)12-8-10-2-1-5-16-10;3-1(4)2(5)6/h1-2,5H,3-4,6-9H2,(H,12,14);(H,3,4)(H,5,6). The summed E-state index contributed by atoms with van der Waals surface area (Å²) in [6.07, 6.45) is 1.60. The van der Waals surface area contributed by atoms with Crippen LogP contribution in [0.2, 0.25) is 0 Å². The molecule has 1 fully saturated rings. The Morgan fingerprint density at radius 3 is 2.32 bits per heavy atom. The zero-order valence-corrected chi connectivity index (χ0v) is 11.9. The molecule has 2 rings (SSSR count). The highest BCUT2D eigenvalue weighted by atomic mass is 16.5. The fourth-order valence-corrected chi connectivity index (χ4v) is 1.62. The molecule has 0 unspecified atom stereocenters. The van der Waals surface area contributed by atoms with E-state index in [4.69, 9.17) is 29.0 Å². The fraction of sp³-hybridized carbons (Fsp3) is 0.462. The van der Waals surface area contributed by atoms with Crippen LogP contribution in [0.3, 0.4) is 0 Å². The fourth-order valence-electron chi connectivity index (χ4n) is 1.62. The maximum Gasteiger partial charge on any atom is 0.414 e. The highest BCUT2D eigenvalue weighted by Gasteiger charge is 2.13. The number of hydrogen-bond acceptors (Lipinski definition) is 6. The maximum absolute atomic E-state index is 11.6. The Kier molecular flexibility index (Phi) is 7.65. The van der Waals surface area contributed by atoms with Gasteiger partial charge in [0.1, 0.15) is 5.76 Å². The molecule has 9 heteroatoms. The maximum atomic E-state index is 11.6. The number of rotatable bonds is 4. The number of carbonyl (C=O) groups excluding carboxylic acids is 1. The van der Waals surface area contributed by atoms with Crippen LogP contribution in [0.1, 0.15) is 5.76 Å². The van der Waals surface area contributed by atoms with Crippen molar-refractivity contribution in [2.45, 2.75) is 6.54 Å². The van der Waals surface area contributed by atoms with E-state index in [0.29, 0.717) is 26.3 Å². The number of nitrogens with zero attached hydrogens (tertiary/aromatic N) is 1. The molecule has 122 valence electrons. The predicted octanol–water partition coefficient (Wildman–Crippen LogP) is -0.616. The Balaban J connectivity index is 0.000000346. The molecule has 1 amide bonds. The number of nitrogens with one attached hydrogen (secondary N) is 1. The topological polar surface area (TPSA) is 129 Å². The van der Waals surface area contributed by atoms with E-state index < -0.39 is 11.9 Å². The van der Waals surface area contributed by atoms with E-state index >= 15 is 0 Å².